The summed E-state index contributed by atoms with van der Waals surface area (Å²) in [5.74, 6) is 0.249. The van der Waals surface area contributed by atoms with Crippen molar-refractivity contribution in [2.45, 2.75) is 38.0 Å². The molecule has 1 amide bonds. The molecule has 0 aromatic heterocycles. The van der Waals surface area contributed by atoms with Crippen LogP contribution in [0.25, 0.3) is 0 Å². The van der Waals surface area contributed by atoms with Crippen LogP contribution in [0.4, 0.5) is 0 Å². The van der Waals surface area contributed by atoms with E-state index in [1.165, 1.54) is 0 Å². The van der Waals surface area contributed by atoms with Crippen LogP contribution in [0.1, 0.15) is 42.6 Å². The second-order valence-corrected chi connectivity index (χ2v) is 7.50. The molecule has 6 heteroatoms. The second-order valence-electron chi connectivity index (χ2n) is 7.50. The van der Waals surface area contributed by atoms with E-state index in [0.29, 0.717) is 44.4 Å². The van der Waals surface area contributed by atoms with Crippen molar-refractivity contribution < 1.29 is 19.0 Å². The fourth-order valence-corrected chi connectivity index (χ4v) is 3.51. The number of carbonyl (C=O) groups is 1. The molecule has 0 radical (unpaired) electrons. The number of carbonyl (C=O) groups excluding carboxylic acids is 1. The number of aliphatic imine (C=N–C) groups is 1. The Bertz CT molecular complexity index is 680. The Balaban J connectivity index is 1.41. The molecule has 0 unspecified atom stereocenters. The molecule has 0 saturated carbocycles. The van der Waals surface area contributed by atoms with Gasteiger partial charge in [0.2, 0.25) is 5.90 Å². The molecule has 4 rings (SSSR count). The average molecular weight is 344 g/mol. The van der Waals surface area contributed by atoms with E-state index in [0.717, 1.165) is 18.4 Å². The number of benzene rings is 1. The molecular formula is C19H24N2O4. The van der Waals surface area contributed by atoms with Crippen LogP contribution in [0.3, 0.4) is 0 Å². The van der Waals surface area contributed by atoms with Gasteiger partial charge in [-0.15, -0.1) is 0 Å². The number of hydrogen-bond donors (Lipinski definition) is 0. The van der Waals surface area contributed by atoms with Crippen LogP contribution in [0.2, 0.25) is 0 Å². The Kier molecular flexibility index (Phi) is 4.04. The fourth-order valence-electron chi connectivity index (χ4n) is 3.51. The first kappa shape index (κ1) is 16.5. The number of piperidine rings is 1. The van der Waals surface area contributed by atoms with E-state index in [4.69, 9.17) is 14.2 Å². The molecule has 1 aromatic carbocycles. The smallest absolute Gasteiger partial charge is 0.253 e. The van der Waals surface area contributed by atoms with E-state index in [9.17, 15) is 4.79 Å². The third-order valence-corrected chi connectivity index (χ3v) is 4.97. The van der Waals surface area contributed by atoms with E-state index in [2.05, 4.69) is 4.99 Å². The van der Waals surface area contributed by atoms with E-state index in [-0.39, 0.29) is 11.4 Å². The molecule has 3 aliphatic heterocycles. The Labute approximate surface area is 147 Å². The highest BCUT2D eigenvalue weighted by Gasteiger charge is 2.40. The highest BCUT2D eigenvalue weighted by atomic mass is 16.7. The summed E-state index contributed by atoms with van der Waals surface area (Å²) < 4.78 is 17.1. The zero-order chi connectivity index (χ0) is 17.5. The Morgan fingerprint density at radius 3 is 2.28 bits per heavy atom. The summed E-state index contributed by atoms with van der Waals surface area (Å²) in [5.41, 5.74) is 1.41. The predicted octanol–water partition coefficient (Wildman–Crippen LogP) is 2.22. The van der Waals surface area contributed by atoms with Gasteiger partial charge in [0.1, 0.15) is 6.61 Å². The van der Waals surface area contributed by atoms with Gasteiger partial charge < -0.3 is 19.1 Å². The summed E-state index contributed by atoms with van der Waals surface area (Å²) in [5, 5.41) is 0. The lowest BCUT2D eigenvalue weighted by Gasteiger charge is -2.37. The molecule has 2 saturated heterocycles. The molecule has 0 aliphatic carbocycles. The minimum absolute atomic E-state index is 0.0500. The van der Waals surface area contributed by atoms with Gasteiger partial charge in [0.25, 0.3) is 5.91 Å². The topological polar surface area (TPSA) is 60.4 Å². The summed E-state index contributed by atoms with van der Waals surface area (Å²) in [7, 11) is 0. The fraction of sp³-hybridized carbons (Fsp3) is 0.579. The lowest BCUT2D eigenvalue weighted by molar-refractivity contribution is -0.181. The highest BCUT2D eigenvalue weighted by Crippen LogP contribution is 2.31. The minimum atomic E-state index is -0.453. The lowest BCUT2D eigenvalue weighted by Crippen LogP contribution is -2.47. The Morgan fingerprint density at radius 1 is 1.08 bits per heavy atom. The first-order valence-corrected chi connectivity index (χ1v) is 8.87. The molecule has 0 N–H and O–H groups in total. The largest absolute Gasteiger partial charge is 0.475 e. The van der Waals surface area contributed by atoms with Crippen molar-refractivity contribution in [2.75, 3.05) is 32.9 Å². The quantitative estimate of drug-likeness (QED) is 0.825. The molecule has 0 bridgehead atoms. The van der Waals surface area contributed by atoms with Gasteiger partial charge in [-0.1, -0.05) is 0 Å². The standard InChI is InChI=1S/C19H24N2O4/c1-18(2)13-23-16(20-18)14-3-5-15(6-4-14)17(22)21-9-7-19(8-10-21)24-11-12-25-19/h3-6H,7-13H2,1-2H3. The maximum absolute atomic E-state index is 12.7. The minimum Gasteiger partial charge on any atom is -0.475 e. The van der Waals surface area contributed by atoms with Crippen LogP contribution in [-0.4, -0.2) is 60.9 Å². The third-order valence-electron chi connectivity index (χ3n) is 4.97. The second kappa shape index (κ2) is 6.11. The van der Waals surface area contributed by atoms with Gasteiger partial charge >= 0.3 is 0 Å². The molecule has 6 nitrogen and oxygen atoms in total. The first-order chi connectivity index (χ1) is 12.0. The van der Waals surface area contributed by atoms with E-state index in [1.54, 1.807) is 0 Å². The number of amides is 1. The number of ether oxygens (including phenoxy) is 3. The van der Waals surface area contributed by atoms with Gasteiger partial charge in [0.15, 0.2) is 5.79 Å². The van der Waals surface area contributed by atoms with Gasteiger partial charge in [-0.3, -0.25) is 4.79 Å². The maximum Gasteiger partial charge on any atom is 0.253 e. The summed E-state index contributed by atoms with van der Waals surface area (Å²) >= 11 is 0. The molecule has 3 aliphatic rings. The average Bonchev–Trinajstić information content (AvgIpc) is 3.22. The zero-order valence-corrected chi connectivity index (χ0v) is 14.8. The van der Waals surface area contributed by atoms with Crippen molar-refractivity contribution in [2.24, 2.45) is 4.99 Å². The van der Waals surface area contributed by atoms with Crippen LogP contribution in [0.5, 0.6) is 0 Å². The molecule has 0 atom stereocenters. The molecule has 3 heterocycles. The third kappa shape index (κ3) is 3.28. The van der Waals surface area contributed by atoms with Gasteiger partial charge in [-0.25, -0.2) is 4.99 Å². The SMILES string of the molecule is CC1(C)COC(c2ccc(C(=O)N3CCC4(CC3)OCCO4)cc2)=N1. The normalized spacial score (nSPS) is 24.2. The van der Waals surface area contributed by atoms with Crippen molar-refractivity contribution >= 4 is 11.8 Å². The van der Waals surface area contributed by atoms with E-state index < -0.39 is 5.79 Å². The molecule has 1 spiro atoms. The van der Waals surface area contributed by atoms with Crippen molar-refractivity contribution in [1.82, 2.24) is 4.90 Å². The van der Waals surface area contributed by atoms with Gasteiger partial charge in [0, 0.05) is 37.1 Å². The van der Waals surface area contributed by atoms with Crippen LogP contribution in [-0.2, 0) is 14.2 Å². The molecule has 25 heavy (non-hydrogen) atoms. The Morgan fingerprint density at radius 2 is 1.72 bits per heavy atom. The molecular weight excluding hydrogens is 320 g/mol. The highest BCUT2D eigenvalue weighted by molar-refractivity contribution is 5.98. The van der Waals surface area contributed by atoms with Crippen molar-refractivity contribution in [1.29, 1.82) is 0 Å². The van der Waals surface area contributed by atoms with Crippen LogP contribution >= 0.6 is 0 Å². The maximum atomic E-state index is 12.7. The zero-order valence-electron chi connectivity index (χ0n) is 14.8. The van der Waals surface area contributed by atoms with Crippen molar-refractivity contribution in [3.05, 3.63) is 35.4 Å². The number of likely N-dealkylation sites (tertiary alicyclic amines) is 1. The Hall–Kier alpha value is -1.92. The van der Waals surface area contributed by atoms with E-state index in [1.807, 2.05) is 43.0 Å². The van der Waals surface area contributed by atoms with Crippen molar-refractivity contribution in [3.63, 3.8) is 0 Å². The molecule has 134 valence electrons. The number of hydrogen-bond acceptors (Lipinski definition) is 5. The number of nitrogens with zero attached hydrogens (tertiary/aromatic N) is 2. The summed E-state index contributed by atoms with van der Waals surface area (Å²) in [4.78, 5) is 19.2. The van der Waals surface area contributed by atoms with Gasteiger partial charge in [-0.05, 0) is 38.1 Å². The predicted molar refractivity (Wildman–Crippen MR) is 92.8 cm³/mol. The van der Waals surface area contributed by atoms with Crippen molar-refractivity contribution in [3.8, 4) is 0 Å². The first-order valence-electron chi connectivity index (χ1n) is 8.87. The summed E-state index contributed by atoms with van der Waals surface area (Å²) in [6.45, 7) is 7.28. The van der Waals surface area contributed by atoms with Gasteiger partial charge in [-0.2, -0.15) is 0 Å². The molecule has 1 aromatic rings. The van der Waals surface area contributed by atoms with E-state index >= 15 is 0 Å². The molecule has 2 fully saturated rings. The summed E-state index contributed by atoms with van der Waals surface area (Å²) in [6.07, 6.45) is 1.47. The van der Waals surface area contributed by atoms with Crippen LogP contribution < -0.4 is 0 Å². The monoisotopic (exact) mass is 344 g/mol. The van der Waals surface area contributed by atoms with Crippen LogP contribution in [0.15, 0.2) is 29.3 Å². The summed E-state index contributed by atoms with van der Waals surface area (Å²) in [6, 6.07) is 7.51. The van der Waals surface area contributed by atoms with Gasteiger partial charge in [0.05, 0.1) is 18.8 Å². The lowest BCUT2D eigenvalue weighted by atomic mass is 10.0. The van der Waals surface area contributed by atoms with Crippen LogP contribution in [0, 0.1) is 0 Å². The number of rotatable bonds is 2.